The number of carbonyl (C=O) groups excluding carboxylic acids is 1. The second-order valence-electron chi connectivity index (χ2n) is 5.31. The number of hydrogen-bond donors (Lipinski definition) is 0. The maximum atomic E-state index is 13.7. The van der Waals surface area contributed by atoms with Crippen molar-refractivity contribution in [3.8, 4) is 0 Å². The number of halogens is 1. The summed E-state index contributed by atoms with van der Waals surface area (Å²) >= 11 is 1.40. The second kappa shape index (κ2) is 6.37. The van der Waals surface area contributed by atoms with Crippen LogP contribution >= 0.6 is 11.3 Å². The van der Waals surface area contributed by atoms with Gasteiger partial charge in [0.15, 0.2) is 15.7 Å². The van der Waals surface area contributed by atoms with Crippen LogP contribution in [0.2, 0.25) is 0 Å². The molecule has 0 spiro atoms. The molecule has 3 rings (SSSR count). The molecule has 0 bridgehead atoms. The van der Waals surface area contributed by atoms with Crippen molar-refractivity contribution in [1.82, 2.24) is 9.88 Å². The van der Waals surface area contributed by atoms with Crippen molar-refractivity contribution in [2.24, 2.45) is 0 Å². The predicted molar refractivity (Wildman–Crippen MR) is 85.6 cm³/mol. The van der Waals surface area contributed by atoms with E-state index in [1.54, 1.807) is 6.07 Å². The third-order valence-electron chi connectivity index (χ3n) is 3.89. The summed E-state index contributed by atoms with van der Waals surface area (Å²) in [7, 11) is -3.33. The van der Waals surface area contributed by atoms with Crippen molar-refractivity contribution in [2.75, 3.05) is 18.8 Å². The van der Waals surface area contributed by atoms with E-state index in [0.29, 0.717) is 6.42 Å². The fourth-order valence-electron chi connectivity index (χ4n) is 2.66. The van der Waals surface area contributed by atoms with E-state index in [1.165, 1.54) is 28.5 Å². The number of sulfone groups is 1. The lowest BCUT2D eigenvalue weighted by atomic mass is 10.2. The number of thiophene rings is 1. The maximum absolute atomic E-state index is 13.7. The Kier molecular flexibility index (Phi) is 4.45. The predicted octanol–water partition coefficient (Wildman–Crippen LogP) is 2.28. The molecule has 1 aliphatic rings. The zero-order valence-corrected chi connectivity index (χ0v) is 13.8. The van der Waals surface area contributed by atoms with E-state index in [-0.39, 0.29) is 24.4 Å². The summed E-state index contributed by atoms with van der Waals surface area (Å²) in [6.45, 7) is 0.354. The Morgan fingerprint density at radius 1 is 1.35 bits per heavy atom. The molecule has 1 fully saturated rings. The molecular weight excluding hydrogens is 339 g/mol. The van der Waals surface area contributed by atoms with Crippen LogP contribution in [0.5, 0.6) is 0 Å². The molecule has 122 valence electrons. The van der Waals surface area contributed by atoms with E-state index in [9.17, 15) is 17.6 Å². The number of amides is 1. The van der Waals surface area contributed by atoms with Crippen LogP contribution in [0, 0.1) is 5.82 Å². The van der Waals surface area contributed by atoms with Gasteiger partial charge >= 0.3 is 0 Å². The van der Waals surface area contributed by atoms with Crippen LogP contribution < -0.4 is 0 Å². The zero-order valence-electron chi connectivity index (χ0n) is 12.2. The van der Waals surface area contributed by atoms with Gasteiger partial charge in [-0.05, 0) is 23.9 Å². The summed E-state index contributed by atoms with van der Waals surface area (Å²) in [5, 5.41) is 1.24. The molecule has 2 aromatic rings. The SMILES string of the molecule is O=C(c1ccncc1F)N1CCC(c2cccs2)S(=O)(=O)CC1. The molecule has 0 saturated carbocycles. The molecule has 1 atom stereocenters. The van der Waals surface area contributed by atoms with Gasteiger partial charge < -0.3 is 4.90 Å². The Bertz CT molecular complexity index is 806. The largest absolute Gasteiger partial charge is 0.337 e. The Morgan fingerprint density at radius 3 is 2.87 bits per heavy atom. The molecule has 1 saturated heterocycles. The third kappa shape index (κ3) is 3.28. The number of rotatable bonds is 2. The molecule has 1 aliphatic heterocycles. The van der Waals surface area contributed by atoms with Gasteiger partial charge in [0.1, 0.15) is 0 Å². The van der Waals surface area contributed by atoms with Crippen LogP contribution in [0.4, 0.5) is 4.39 Å². The van der Waals surface area contributed by atoms with Crippen molar-refractivity contribution >= 4 is 27.1 Å². The fraction of sp³-hybridized carbons (Fsp3) is 0.333. The summed E-state index contributed by atoms with van der Waals surface area (Å²) in [5.41, 5.74) is -0.0769. The van der Waals surface area contributed by atoms with Gasteiger partial charge in [-0.2, -0.15) is 0 Å². The van der Waals surface area contributed by atoms with Gasteiger partial charge in [-0.25, -0.2) is 12.8 Å². The van der Waals surface area contributed by atoms with E-state index in [1.807, 2.05) is 11.4 Å². The molecular formula is C15H15FN2O3S2. The molecule has 0 aromatic carbocycles. The molecule has 3 heterocycles. The van der Waals surface area contributed by atoms with Crippen LogP contribution in [0.15, 0.2) is 36.0 Å². The maximum Gasteiger partial charge on any atom is 0.256 e. The van der Waals surface area contributed by atoms with Gasteiger partial charge in [0.2, 0.25) is 0 Å². The number of carbonyl (C=O) groups is 1. The highest BCUT2D eigenvalue weighted by Crippen LogP contribution is 2.32. The smallest absolute Gasteiger partial charge is 0.256 e. The summed E-state index contributed by atoms with van der Waals surface area (Å²) in [5.74, 6) is -1.31. The minimum atomic E-state index is -3.33. The quantitative estimate of drug-likeness (QED) is 0.830. The Morgan fingerprint density at radius 2 is 2.17 bits per heavy atom. The summed E-state index contributed by atoms with van der Waals surface area (Å²) in [6.07, 6.45) is 2.65. The van der Waals surface area contributed by atoms with Gasteiger partial charge in [-0.15, -0.1) is 11.3 Å². The fourth-order valence-corrected chi connectivity index (χ4v) is 5.66. The lowest BCUT2D eigenvalue weighted by Gasteiger charge is -2.20. The third-order valence-corrected chi connectivity index (χ3v) is 7.13. The Balaban J connectivity index is 1.83. The first kappa shape index (κ1) is 16.1. The summed E-state index contributed by atoms with van der Waals surface area (Å²) < 4.78 is 38.6. The van der Waals surface area contributed by atoms with Crippen molar-refractivity contribution in [1.29, 1.82) is 0 Å². The van der Waals surface area contributed by atoms with E-state index in [0.717, 1.165) is 11.1 Å². The topological polar surface area (TPSA) is 67.3 Å². The Labute approximate surface area is 137 Å². The van der Waals surface area contributed by atoms with Crippen molar-refractivity contribution in [3.05, 3.63) is 52.2 Å². The number of nitrogens with zero attached hydrogens (tertiary/aromatic N) is 2. The average molecular weight is 354 g/mol. The highest BCUT2D eigenvalue weighted by atomic mass is 32.2. The standard InChI is InChI=1S/C15H15FN2O3S2/c16-12-10-17-5-3-11(12)15(19)18-6-4-14(13-2-1-8-22-13)23(20,21)9-7-18/h1-3,5,8,10,14H,4,6-7,9H2. The van der Waals surface area contributed by atoms with Crippen LogP contribution in [0.1, 0.15) is 26.9 Å². The van der Waals surface area contributed by atoms with Gasteiger partial charge in [0.25, 0.3) is 5.91 Å². The van der Waals surface area contributed by atoms with Gasteiger partial charge in [-0.1, -0.05) is 6.07 Å². The van der Waals surface area contributed by atoms with Crippen molar-refractivity contribution < 1.29 is 17.6 Å². The summed E-state index contributed by atoms with van der Waals surface area (Å²) in [4.78, 5) is 18.3. The van der Waals surface area contributed by atoms with E-state index in [2.05, 4.69) is 4.98 Å². The van der Waals surface area contributed by atoms with Gasteiger partial charge in [-0.3, -0.25) is 9.78 Å². The van der Waals surface area contributed by atoms with Crippen LogP contribution in [0.3, 0.4) is 0 Å². The normalized spacial score (nSPS) is 20.9. The number of hydrogen-bond acceptors (Lipinski definition) is 5. The van der Waals surface area contributed by atoms with Crippen LogP contribution in [0.25, 0.3) is 0 Å². The zero-order chi connectivity index (χ0) is 16.4. The molecule has 1 amide bonds. The lowest BCUT2D eigenvalue weighted by Crippen LogP contribution is -2.34. The van der Waals surface area contributed by atoms with E-state index < -0.39 is 26.8 Å². The van der Waals surface area contributed by atoms with Gasteiger partial charge in [0.05, 0.1) is 22.8 Å². The van der Waals surface area contributed by atoms with E-state index in [4.69, 9.17) is 0 Å². The molecule has 2 aromatic heterocycles. The minimum Gasteiger partial charge on any atom is -0.337 e. The monoisotopic (exact) mass is 354 g/mol. The first-order valence-electron chi connectivity index (χ1n) is 7.13. The van der Waals surface area contributed by atoms with Crippen LogP contribution in [-0.2, 0) is 9.84 Å². The Hall–Kier alpha value is -1.80. The lowest BCUT2D eigenvalue weighted by molar-refractivity contribution is 0.0761. The molecule has 0 N–H and O–H groups in total. The van der Waals surface area contributed by atoms with Crippen molar-refractivity contribution in [2.45, 2.75) is 11.7 Å². The van der Waals surface area contributed by atoms with Crippen LogP contribution in [-0.4, -0.2) is 43.1 Å². The van der Waals surface area contributed by atoms with Gasteiger partial charge in [0, 0.05) is 24.2 Å². The highest BCUT2D eigenvalue weighted by molar-refractivity contribution is 7.91. The number of pyridine rings is 1. The first-order chi connectivity index (χ1) is 11.0. The number of aromatic nitrogens is 1. The van der Waals surface area contributed by atoms with Crippen molar-refractivity contribution in [3.63, 3.8) is 0 Å². The van der Waals surface area contributed by atoms with E-state index >= 15 is 0 Å². The molecule has 1 unspecified atom stereocenters. The molecule has 23 heavy (non-hydrogen) atoms. The summed E-state index contributed by atoms with van der Waals surface area (Å²) in [6, 6.07) is 4.93. The first-order valence-corrected chi connectivity index (χ1v) is 9.72. The average Bonchev–Trinajstić information content (AvgIpc) is 2.99. The molecule has 5 nitrogen and oxygen atoms in total. The second-order valence-corrected chi connectivity index (χ2v) is 8.59. The highest BCUT2D eigenvalue weighted by Gasteiger charge is 2.33. The molecule has 0 aliphatic carbocycles. The molecule has 0 radical (unpaired) electrons. The molecule has 8 heteroatoms. The minimum absolute atomic E-state index is 0.0742.